The number of amides is 4. The number of carbonyl (C=O) groups is 3. The number of urea groups is 1. The van der Waals surface area contributed by atoms with Crippen molar-refractivity contribution in [3.05, 3.63) is 54.1 Å². The van der Waals surface area contributed by atoms with Crippen molar-refractivity contribution < 1.29 is 22.8 Å². The topological polar surface area (TPSA) is 133 Å². The van der Waals surface area contributed by atoms with E-state index in [1.807, 2.05) is 0 Å². The fourth-order valence-corrected chi connectivity index (χ4v) is 4.68. The summed E-state index contributed by atoms with van der Waals surface area (Å²) in [5.74, 6) is -0.472. The predicted molar refractivity (Wildman–Crippen MR) is 114 cm³/mol. The van der Waals surface area contributed by atoms with Gasteiger partial charge in [0.2, 0.25) is 5.91 Å². The van der Waals surface area contributed by atoms with Gasteiger partial charge in [0.1, 0.15) is 0 Å². The van der Waals surface area contributed by atoms with Crippen molar-refractivity contribution in [2.24, 2.45) is 0 Å². The van der Waals surface area contributed by atoms with Crippen molar-refractivity contribution >= 4 is 44.7 Å². The highest BCUT2D eigenvalue weighted by atomic mass is 32.2. The molecule has 1 fully saturated rings. The van der Waals surface area contributed by atoms with Gasteiger partial charge in [0, 0.05) is 35.6 Å². The van der Waals surface area contributed by atoms with Crippen molar-refractivity contribution in [3.8, 4) is 0 Å². The maximum absolute atomic E-state index is 12.4. The molecule has 1 atom stereocenters. The van der Waals surface area contributed by atoms with Gasteiger partial charge in [-0.2, -0.15) is 0 Å². The number of nitrogens with one attached hydrogen (secondary N) is 4. The summed E-state index contributed by atoms with van der Waals surface area (Å²) >= 11 is 0. The van der Waals surface area contributed by atoms with E-state index in [1.54, 1.807) is 48.5 Å². The minimum absolute atomic E-state index is 0.0503. The van der Waals surface area contributed by atoms with Gasteiger partial charge in [-0.25, -0.2) is 13.2 Å². The Morgan fingerprint density at radius 1 is 0.833 bits per heavy atom. The first kappa shape index (κ1) is 21.3. The second-order valence-electron chi connectivity index (χ2n) is 6.99. The first-order valence-electron chi connectivity index (χ1n) is 9.27. The molecule has 0 radical (unpaired) electrons. The summed E-state index contributed by atoms with van der Waals surface area (Å²) in [6.45, 7) is 1.41. The maximum Gasteiger partial charge on any atom is 0.319 e. The van der Waals surface area contributed by atoms with Crippen LogP contribution in [0.5, 0.6) is 0 Å². The summed E-state index contributed by atoms with van der Waals surface area (Å²) in [7, 11) is -3.07. The molecule has 0 aliphatic carbocycles. The summed E-state index contributed by atoms with van der Waals surface area (Å²) in [6.07, 6.45) is 0.403. The van der Waals surface area contributed by atoms with Crippen molar-refractivity contribution in [1.82, 2.24) is 5.32 Å². The molecule has 1 aliphatic rings. The lowest BCUT2D eigenvalue weighted by molar-refractivity contribution is -0.114. The Hall–Kier alpha value is -3.40. The molecule has 30 heavy (non-hydrogen) atoms. The highest BCUT2D eigenvalue weighted by molar-refractivity contribution is 7.91. The molecule has 1 heterocycles. The van der Waals surface area contributed by atoms with Gasteiger partial charge in [0.05, 0.1) is 11.5 Å². The molecule has 0 aromatic heterocycles. The first-order chi connectivity index (χ1) is 14.2. The van der Waals surface area contributed by atoms with Gasteiger partial charge < -0.3 is 21.3 Å². The number of hydrogen-bond acceptors (Lipinski definition) is 5. The molecule has 1 unspecified atom stereocenters. The Labute approximate surface area is 174 Å². The predicted octanol–water partition coefficient (Wildman–Crippen LogP) is 2.21. The van der Waals surface area contributed by atoms with E-state index in [1.165, 1.54) is 6.92 Å². The van der Waals surface area contributed by atoms with Crippen LogP contribution in [0.25, 0.3) is 0 Å². The highest BCUT2D eigenvalue weighted by Gasteiger charge is 2.28. The normalized spacial score (nSPS) is 17.0. The average molecular weight is 430 g/mol. The second-order valence-corrected chi connectivity index (χ2v) is 9.22. The van der Waals surface area contributed by atoms with Gasteiger partial charge in [-0.1, -0.05) is 0 Å². The molecule has 1 saturated heterocycles. The number of hydrogen-bond donors (Lipinski definition) is 4. The summed E-state index contributed by atoms with van der Waals surface area (Å²) in [4.78, 5) is 35.4. The minimum atomic E-state index is -3.07. The molecule has 2 aromatic rings. The minimum Gasteiger partial charge on any atom is -0.334 e. The lowest BCUT2D eigenvalue weighted by Crippen LogP contribution is -2.38. The van der Waals surface area contributed by atoms with E-state index < -0.39 is 21.9 Å². The Kier molecular flexibility index (Phi) is 6.36. The van der Waals surface area contributed by atoms with E-state index in [9.17, 15) is 22.8 Å². The van der Waals surface area contributed by atoms with Gasteiger partial charge in [-0.3, -0.25) is 9.59 Å². The molecule has 4 amide bonds. The fourth-order valence-electron chi connectivity index (χ4n) is 3.01. The molecule has 10 heteroatoms. The molecule has 9 nitrogen and oxygen atoms in total. The van der Waals surface area contributed by atoms with Crippen molar-refractivity contribution in [1.29, 1.82) is 0 Å². The summed E-state index contributed by atoms with van der Waals surface area (Å²) in [5.41, 5.74) is 2.07. The molecule has 1 aliphatic heterocycles. The zero-order chi connectivity index (χ0) is 21.7. The maximum atomic E-state index is 12.4. The quantitative estimate of drug-likeness (QED) is 0.577. The smallest absolute Gasteiger partial charge is 0.319 e. The van der Waals surface area contributed by atoms with E-state index in [2.05, 4.69) is 21.3 Å². The summed E-state index contributed by atoms with van der Waals surface area (Å²) in [5, 5.41) is 10.6. The molecule has 4 N–H and O–H groups in total. The van der Waals surface area contributed by atoms with Crippen LogP contribution in [0.1, 0.15) is 23.7 Å². The summed E-state index contributed by atoms with van der Waals surface area (Å²) in [6, 6.07) is 12.1. The Morgan fingerprint density at radius 3 is 1.90 bits per heavy atom. The monoisotopic (exact) mass is 430 g/mol. The lowest BCUT2D eigenvalue weighted by Gasteiger charge is -2.12. The standard InChI is InChI=1S/C20H22N4O5S/c1-13(25)21-15-6-8-16(9-7-15)22-19(26)14-2-4-17(5-3-14)23-20(27)24-18-10-11-30(28,29)12-18/h2-9,18H,10-12H2,1H3,(H,21,25)(H,22,26)(H2,23,24,27). The molecule has 0 saturated carbocycles. The number of rotatable bonds is 5. The molecular weight excluding hydrogens is 408 g/mol. The van der Waals surface area contributed by atoms with Gasteiger partial charge in [0.15, 0.2) is 9.84 Å². The molecule has 3 rings (SSSR count). The van der Waals surface area contributed by atoms with Crippen molar-refractivity contribution in [2.75, 3.05) is 27.5 Å². The van der Waals surface area contributed by atoms with Crippen molar-refractivity contribution in [2.45, 2.75) is 19.4 Å². The van der Waals surface area contributed by atoms with Crippen LogP contribution in [0.15, 0.2) is 48.5 Å². The third kappa shape index (κ3) is 6.05. The third-order valence-corrected chi connectivity index (χ3v) is 6.20. The van der Waals surface area contributed by atoms with Gasteiger partial charge >= 0.3 is 6.03 Å². The van der Waals surface area contributed by atoms with E-state index in [0.29, 0.717) is 29.0 Å². The Morgan fingerprint density at radius 2 is 1.37 bits per heavy atom. The molecule has 0 bridgehead atoms. The number of benzene rings is 2. The van der Waals surface area contributed by atoms with Gasteiger partial charge in [-0.05, 0) is 55.0 Å². The molecular formula is C20H22N4O5S. The Bertz CT molecular complexity index is 1050. The van der Waals surface area contributed by atoms with Crippen LogP contribution < -0.4 is 21.3 Å². The average Bonchev–Trinajstić information content (AvgIpc) is 3.01. The SMILES string of the molecule is CC(=O)Nc1ccc(NC(=O)c2ccc(NC(=O)NC3CCS(=O)(=O)C3)cc2)cc1. The largest absolute Gasteiger partial charge is 0.334 e. The van der Waals surface area contributed by atoms with E-state index in [-0.39, 0.29) is 23.3 Å². The van der Waals surface area contributed by atoms with Gasteiger partial charge in [-0.15, -0.1) is 0 Å². The third-order valence-electron chi connectivity index (χ3n) is 4.44. The van der Waals surface area contributed by atoms with E-state index in [0.717, 1.165) is 0 Å². The number of carbonyl (C=O) groups excluding carboxylic acids is 3. The highest BCUT2D eigenvalue weighted by Crippen LogP contribution is 2.16. The van der Waals surface area contributed by atoms with Crippen LogP contribution in [-0.4, -0.2) is 43.8 Å². The van der Waals surface area contributed by atoms with E-state index >= 15 is 0 Å². The van der Waals surface area contributed by atoms with Crippen LogP contribution in [0, 0.1) is 0 Å². The second kappa shape index (κ2) is 8.95. The molecule has 2 aromatic carbocycles. The zero-order valence-electron chi connectivity index (χ0n) is 16.3. The van der Waals surface area contributed by atoms with Crippen LogP contribution in [0.2, 0.25) is 0 Å². The number of anilines is 3. The fraction of sp³-hybridized carbons (Fsp3) is 0.250. The zero-order valence-corrected chi connectivity index (χ0v) is 17.1. The molecule has 158 valence electrons. The van der Waals surface area contributed by atoms with Crippen LogP contribution in [-0.2, 0) is 14.6 Å². The van der Waals surface area contributed by atoms with Crippen molar-refractivity contribution in [3.63, 3.8) is 0 Å². The first-order valence-corrected chi connectivity index (χ1v) is 11.1. The lowest BCUT2D eigenvalue weighted by atomic mass is 10.2. The van der Waals surface area contributed by atoms with Crippen LogP contribution in [0.3, 0.4) is 0 Å². The number of sulfone groups is 1. The van der Waals surface area contributed by atoms with E-state index in [4.69, 9.17) is 0 Å². The van der Waals surface area contributed by atoms with Crippen LogP contribution >= 0.6 is 0 Å². The molecule has 0 spiro atoms. The van der Waals surface area contributed by atoms with Crippen LogP contribution in [0.4, 0.5) is 21.9 Å². The Balaban J connectivity index is 1.52. The van der Waals surface area contributed by atoms with Gasteiger partial charge in [0.25, 0.3) is 5.91 Å². The summed E-state index contributed by atoms with van der Waals surface area (Å²) < 4.78 is 22.9.